The predicted octanol–water partition coefficient (Wildman–Crippen LogP) is 24.8. The van der Waals surface area contributed by atoms with E-state index in [-0.39, 0.29) is 31.1 Å². The van der Waals surface area contributed by atoms with Crippen LogP contribution in [0, 0.1) is 0 Å². The number of carbonyl (C=O) groups is 3. The minimum Gasteiger partial charge on any atom is -0.462 e. The van der Waals surface area contributed by atoms with E-state index in [0.717, 1.165) is 57.8 Å². The van der Waals surface area contributed by atoms with Crippen molar-refractivity contribution in [2.75, 3.05) is 13.2 Å². The maximum atomic E-state index is 12.9. The fourth-order valence-electron chi connectivity index (χ4n) is 11.3. The molecule has 0 heterocycles. The Morgan fingerprint density at radius 3 is 0.633 bits per heavy atom. The second-order valence-corrected chi connectivity index (χ2v) is 24.9. The van der Waals surface area contributed by atoms with Crippen LogP contribution in [0.2, 0.25) is 0 Å². The molecule has 0 amide bonds. The van der Waals surface area contributed by atoms with E-state index in [4.69, 9.17) is 14.2 Å². The van der Waals surface area contributed by atoms with E-state index in [9.17, 15) is 14.4 Å². The third-order valence-electron chi connectivity index (χ3n) is 16.8. The molecule has 0 aromatic heterocycles. The highest BCUT2D eigenvalue weighted by Gasteiger charge is 2.19. The molecular weight excluding hydrogens is 973 g/mol. The quantitative estimate of drug-likeness (QED) is 0.0261. The Morgan fingerprint density at radius 2 is 0.418 bits per heavy atom. The molecule has 0 aliphatic rings. The highest BCUT2D eigenvalue weighted by Crippen LogP contribution is 2.19. The van der Waals surface area contributed by atoms with Gasteiger partial charge in [0.05, 0.1) is 0 Å². The van der Waals surface area contributed by atoms with Crippen molar-refractivity contribution in [1.29, 1.82) is 0 Å². The Balaban J connectivity index is 3.94. The van der Waals surface area contributed by atoms with Gasteiger partial charge in [-0.15, -0.1) is 0 Å². The predicted molar refractivity (Wildman–Crippen MR) is 344 cm³/mol. The summed E-state index contributed by atoms with van der Waals surface area (Å²) in [5, 5.41) is 0. The van der Waals surface area contributed by atoms with Crippen molar-refractivity contribution in [3.8, 4) is 0 Å². The monoisotopic (exact) mass is 1110 g/mol. The minimum atomic E-state index is -0.763. The molecule has 6 heteroatoms. The summed E-state index contributed by atoms with van der Waals surface area (Å²) in [6.45, 7) is 6.67. The van der Waals surface area contributed by atoms with Gasteiger partial charge in [0.1, 0.15) is 13.2 Å². The van der Waals surface area contributed by atoms with Gasteiger partial charge >= 0.3 is 17.9 Å². The van der Waals surface area contributed by atoms with Gasteiger partial charge in [-0.3, -0.25) is 14.4 Å². The summed E-state index contributed by atoms with van der Waals surface area (Å²) < 4.78 is 16.9. The van der Waals surface area contributed by atoms with Gasteiger partial charge in [0.2, 0.25) is 0 Å². The standard InChI is InChI=1S/C73H140O6/c1-4-7-10-13-16-18-20-22-24-26-28-30-32-34-36-37-38-40-41-43-45-47-49-51-53-55-57-60-63-66-72(75)78-69-70(68-77-71(74)65-62-59-15-12-9-6-3)79-73(76)67-64-61-58-56-54-52-50-48-46-44-42-39-35-33-31-29-27-25-23-21-19-17-14-11-8-5-2/h26,28,70H,4-25,27,29-69H2,1-3H3/b28-26-. The van der Waals surface area contributed by atoms with Crippen LogP contribution in [0.1, 0.15) is 419 Å². The second kappa shape index (κ2) is 68.6. The molecule has 0 radical (unpaired) electrons. The Kier molecular flexibility index (Phi) is 67.0. The lowest BCUT2D eigenvalue weighted by Crippen LogP contribution is -2.30. The number of carbonyl (C=O) groups excluding carboxylic acids is 3. The molecule has 79 heavy (non-hydrogen) atoms. The van der Waals surface area contributed by atoms with E-state index >= 15 is 0 Å². The van der Waals surface area contributed by atoms with Gasteiger partial charge in [-0.25, -0.2) is 0 Å². The number of ether oxygens (including phenoxy) is 3. The topological polar surface area (TPSA) is 78.9 Å². The molecule has 0 saturated carbocycles. The molecule has 0 aromatic carbocycles. The molecule has 6 nitrogen and oxygen atoms in total. The van der Waals surface area contributed by atoms with Gasteiger partial charge in [-0.05, 0) is 44.9 Å². The van der Waals surface area contributed by atoms with Gasteiger partial charge in [0, 0.05) is 19.3 Å². The summed E-state index contributed by atoms with van der Waals surface area (Å²) in [7, 11) is 0. The molecular formula is C73H140O6. The van der Waals surface area contributed by atoms with E-state index in [0.29, 0.717) is 19.3 Å². The summed E-state index contributed by atoms with van der Waals surface area (Å²) in [4.78, 5) is 38.1. The van der Waals surface area contributed by atoms with Gasteiger partial charge in [-0.2, -0.15) is 0 Å². The first-order valence-electron chi connectivity index (χ1n) is 36.2. The molecule has 0 aromatic rings. The van der Waals surface area contributed by atoms with Gasteiger partial charge in [0.15, 0.2) is 6.10 Å². The number of allylic oxidation sites excluding steroid dienone is 2. The van der Waals surface area contributed by atoms with E-state index < -0.39 is 6.10 Å². The van der Waals surface area contributed by atoms with Crippen LogP contribution in [-0.4, -0.2) is 37.2 Å². The SMILES string of the molecule is CCCCCCCCCC/C=C\CCCCCCCCCCCCCCCCCCCC(=O)OCC(COC(=O)CCCCCCCC)OC(=O)CCCCCCCCCCCCCCCCCCCCCCCCCCCC. The third kappa shape index (κ3) is 66.8. The molecule has 0 saturated heterocycles. The van der Waals surface area contributed by atoms with Crippen LogP contribution in [-0.2, 0) is 28.6 Å². The molecule has 468 valence electrons. The first-order chi connectivity index (χ1) is 39.0. The Hall–Kier alpha value is -1.85. The highest BCUT2D eigenvalue weighted by atomic mass is 16.6. The number of esters is 3. The van der Waals surface area contributed by atoms with Crippen LogP contribution in [0.3, 0.4) is 0 Å². The molecule has 0 fully saturated rings. The lowest BCUT2D eigenvalue weighted by molar-refractivity contribution is -0.167. The fourth-order valence-corrected chi connectivity index (χ4v) is 11.3. The van der Waals surface area contributed by atoms with E-state index in [1.807, 2.05) is 0 Å². The zero-order valence-corrected chi connectivity index (χ0v) is 53.9. The van der Waals surface area contributed by atoms with Gasteiger partial charge in [-0.1, -0.05) is 367 Å². The maximum Gasteiger partial charge on any atom is 0.306 e. The Labute approximate surface area is 494 Å². The van der Waals surface area contributed by atoms with Crippen molar-refractivity contribution >= 4 is 17.9 Å². The van der Waals surface area contributed by atoms with E-state index in [1.165, 1.54) is 321 Å². The van der Waals surface area contributed by atoms with E-state index in [2.05, 4.69) is 32.9 Å². The zero-order valence-electron chi connectivity index (χ0n) is 53.9. The largest absolute Gasteiger partial charge is 0.462 e. The lowest BCUT2D eigenvalue weighted by atomic mass is 10.0. The number of hydrogen-bond donors (Lipinski definition) is 0. The minimum absolute atomic E-state index is 0.0634. The third-order valence-corrected chi connectivity index (χ3v) is 16.8. The number of unbranched alkanes of at least 4 members (excludes halogenated alkanes) is 55. The van der Waals surface area contributed by atoms with Crippen LogP contribution in [0.25, 0.3) is 0 Å². The molecule has 0 N–H and O–H groups in total. The first-order valence-corrected chi connectivity index (χ1v) is 36.2. The maximum absolute atomic E-state index is 12.9. The average Bonchev–Trinajstić information content (AvgIpc) is 3.45. The summed E-state index contributed by atoms with van der Waals surface area (Å²) >= 11 is 0. The number of rotatable bonds is 68. The summed E-state index contributed by atoms with van der Waals surface area (Å²) in [5.74, 6) is -0.841. The van der Waals surface area contributed by atoms with Crippen LogP contribution in [0.15, 0.2) is 12.2 Å². The lowest BCUT2D eigenvalue weighted by Gasteiger charge is -2.18. The Morgan fingerprint density at radius 1 is 0.241 bits per heavy atom. The molecule has 0 spiro atoms. The summed E-state index contributed by atoms with van der Waals surface area (Å²) in [6.07, 6.45) is 83.0. The first kappa shape index (κ1) is 77.2. The molecule has 1 unspecified atom stereocenters. The smallest absolute Gasteiger partial charge is 0.306 e. The fraction of sp³-hybridized carbons (Fsp3) is 0.932. The molecule has 0 aliphatic heterocycles. The average molecular weight is 1110 g/mol. The van der Waals surface area contributed by atoms with Gasteiger partial charge in [0.25, 0.3) is 0 Å². The Bertz CT molecular complexity index is 1230. The highest BCUT2D eigenvalue weighted by molar-refractivity contribution is 5.71. The summed E-state index contributed by atoms with van der Waals surface area (Å²) in [6, 6.07) is 0. The molecule has 0 aliphatic carbocycles. The number of hydrogen-bond acceptors (Lipinski definition) is 6. The van der Waals surface area contributed by atoms with Crippen molar-refractivity contribution in [2.24, 2.45) is 0 Å². The van der Waals surface area contributed by atoms with Crippen LogP contribution in [0.4, 0.5) is 0 Å². The molecule has 0 bridgehead atoms. The van der Waals surface area contributed by atoms with Gasteiger partial charge < -0.3 is 14.2 Å². The molecule has 0 rings (SSSR count). The van der Waals surface area contributed by atoms with Crippen molar-refractivity contribution in [3.05, 3.63) is 12.2 Å². The summed E-state index contributed by atoms with van der Waals surface area (Å²) in [5.41, 5.74) is 0. The van der Waals surface area contributed by atoms with Crippen molar-refractivity contribution in [3.63, 3.8) is 0 Å². The van der Waals surface area contributed by atoms with Crippen LogP contribution < -0.4 is 0 Å². The van der Waals surface area contributed by atoms with Crippen molar-refractivity contribution in [2.45, 2.75) is 425 Å². The zero-order chi connectivity index (χ0) is 57.1. The normalized spacial score (nSPS) is 12.0. The van der Waals surface area contributed by atoms with Crippen LogP contribution >= 0.6 is 0 Å². The van der Waals surface area contributed by atoms with E-state index in [1.54, 1.807) is 0 Å². The van der Waals surface area contributed by atoms with Crippen molar-refractivity contribution in [1.82, 2.24) is 0 Å². The second-order valence-electron chi connectivity index (χ2n) is 24.9. The van der Waals surface area contributed by atoms with Crippen molar-refractivity contribution < 1.29 is 28.6 Å². The van der Waals surface area contributed by atoms with Crippen LogP contribution in [0.5, 0.6) is 0 Å². The molecule has 1 atom stereocenters.